The van der Waals surface area contributed by atoms with E-state index in [4.69, 9.17) is 21.7 Å². The SMILES string of the molecule is COc1ccc(CCN(C(=S)Nc2cccc(C)c2C(C)C)C2CCN(C)CC2)cc1OC. The molecule has 2 aromatic rings. The van der Waals surface area contributed by atoms with Crippen LogP contribution in [-0.2, 0) is 6.42 Å². The molecule has 6 heteroatoms. The third kappa shape index (κ3) is 6.39. The molecule has 0 radical (unpaired) electrons. The molecule has 0 bridgehead atoms. The molecule has 0 spiro atoms. The van der Waals surface area contributed by atoms with E-state index in [0.717, 1.165) is 61.2 Å². The van der Waals surface area contributed by atoms with Crippen LogP contribution in [0.25, 0.3) is 0 Å². The second-order valence-electron chi connectivity index (χ2n) is 9.29. The number of methoxy groups -OCH3 is 2. The van der Waals surface area contributed by atoms with Gasteiger partial charge >= 0.3 is 0 Å². The Labute approximate surface area is 205 Å². The van der Waals surface area contributed by atoms with E-state index >= 15 is 0 Å². The van der Waals surface area contributed by atoms with Crippen molar-refractivity contribution in [3.05, 3.63) is 53.1 Å². The second kappa shape index (κ2) is 11.7. The number of benzene rings is 2. The van der Waals surface area contributed by atoms with Crippen molar-refractivity contribution in [3.63, 3.8) is 0 Å². The second-order valence-corrected chi connectivity index (χ2v) is 9.67. The van der Waals surface area contributed by atoms with E-state index in [-0.39, 0.29) is 0 Å². The average molecular weight is 470 g/mol. The summed E-state index contributed by atoms with van der Waals surface area (Å²) in [5.41, 5.74) is 4.97. The first kappa shape index (κ1) is 25.3. The van der Waals surface area contributed by atoms with Gasteiger partial charge in [0.1, 0.15) is 0 Å². The lowest BCUT2D eigenvalue weighted by molar-refractivity contribution is 0.178. The molecule has 3 rings (SSSR count). The number of nitrogens with one attached hydrogen (secondary N) is 1. The van der Waals surface area contributed by atoms with Crippen LogP contribution >= 0.6 is 12.2 Å². The van der Waals surface area contributed by atoms with Gasteiger partial charge < -0.3 is 24.6 Å². The molecule has 0 atom stereocenters. The summed E-state index contributed by atoms with van der Waals surface area (Å²) in [5.74, 6) is 1.95. The van der Waals surface area contributed by atoms with E-state index in [1.165, 1.54) is 16.7 Å². The number of aryl methyl sites for hydroxylation is 1. The van der Waals surface area contributed by atoms with Crippen LogP contribution in [0.3, 0.4) is 0 Å². The number of hydrogen-bond acceptors (Lipinski definition) is 4. The maximum atomic E-state index is 6.02. The van der Waals surface area contributed by atoms with Gasteiger partial charge in [-0.1, -0.05) is 32.0 Å². The summed E-state index contributed by atoms with van der Waals surface area (Å²) in [6.07, 6.45) is 3.13. The van der Waals surface area contributed by atoms with Crippen LogP contribution < -0.4 is 14.8 Å². The summed E-state index contributed by atoms with van der Waals surface area (Å²) < 4.78 is 10.9. The third-order valence-electron chi connectivity index (χ3n) is 6.62. The molecule has 1 N–H and O–H groups in total. The van der Waals surface area contributed by atoms with Crippen LogP contribution in [0.4, 0.5) is 5.69 Å². The minimum atomic E-state index is 0.431. The Bertz CT molecular complexity index is 939. The molecule has 1 saturated heterocycles. The van der Waals surface area contributed by atoms with E-state index in [1.807, 2.05) is 6.07 Å². The quantitative estimate of drug-likeness (QED) is 0.517. The third-order valence-corrected chi connectivity index (χ3v) is 6.96. The zero-order valence-electron chi connectivity index (χ0n) is 21.0. The molecule has 0 saturated carbocycles. The maximum Gasteiger partial charge on any atom is 0.173 e. The van der Waals surface area contributed by atoms with Gasteiger partial charge in [-0.2, -0.15) is 0 Å². The van der Waals surface area contributed by atoms with Crippen molar-refractivity contribution in [1.82, 2.24) is 9.80 Å². The first-order chi connectivity index (χ1) is 15.8. The predicted octanol–water partition coefficient (Wildman–Crippen LogP) is 5.47. The number of rotatable bonds is 8. The number of nitrogens with zero attached hydrogens (tertiary/aromatic N) is 2. The normalized spacial score (nSPS) is 14.9. The van der Waals surface area contributed by atoms with E-state index in [2.05, 4.69) is 73.3 Å². The number of likely N-dealkylation sites (tertiary alicyclic amines) is 1. The highest BCUT2D eigenvalue weighted by molar-refractivity contribution is 7.80. The molecule has 1 aliphatic heterocycles. The van der Waals surface area contributed by atoms with Gasteiger partial charge in [0.2, 0.25) is 0 Å². The van der Waals surface area contributed by atoms with Gasteiger partial charge in [-0.05, 0) is 99.3 Å². The summed E-state index contributed by atoms with van der Waals surface area (Å²) in [6.45, 7) is 9.71. The van der Waals surface area contributed by atoms with Crippen molar-refractivity contribution < 1.29 is 9.47 Å². The van der Waals surface area contributed by atoms with Crippen molar-refractivity contribution in [2.45, 2.75) is 52.0 Å². The van der Waals surface area contributed by atoms with Crippen molar-refractivity contribution in [1.29, 1.82) is 0 Å². The Hall–Kier alpha value is -2.31. The lowest BCUT2D eigenvalue weighted by Crippen LogP contribution is -2.48. The number of piperidine rings is 1. The van der Waals surface area contributed by atoms with Gasteiger partial charge in [0.05, 0.1) is 14.2 Å². The zero-order chi connectivity index (χ0) is 24.0. The first-order valence-electron chi connectivity index (χ1n) is 11.9. The van der Waals surface area contributed by atoms with Crippen LogP contribution in [-0.4, -0.2) is 61.9 Å². The molecule has 0 aliphatic carbocycles. The van der Waals surface area contributed by atoms with Gasteiger partial charge in [-0.3, -0.25) is 0 Å². The minimum absolute atomic E-state index is 0.431. The van der Waals surface area contributed by atoms with Gasteiger partial charge in [0.15, 0.2) is 16.6 Å². The molecule has 1 heterocycles. The molecular weight excluding hydrogens is 430 g/mol. The van der Waals surface area contributed by atoms with Crippen molar-refractivity contribution in [2.24, 2.45) is 0 Å². The lowest BCUT2D eigenvalue weighted by atomic mass is 9.96. The zero-order valence-corrected chi connectivity index (χ0v) is 21.8. The summed E-state index contributed by atoms with van der Waals surface area (Å²) >= 11 is 6.02. The standard InChI is InChI=1S/C27H39N3O2S/c1-19(2)26-20(3)8-7-9-23(26)28-27(33)30(22-13-15-29(4)16-14-22)17-12-21-10-11-24(31-5)25(18-21)32-6/h7-11,18-19,22H,12-17H2,1-6H3,(H,28,33). The molecule has 5 nitrogen and oxygen atoms in total. The summed E-state index contributed by atoms with van der Waals surface area (Å²) in [7, 11) is 5.54. The first-order valence-corrected chi connectivity index (χ1v) is 12.3. The van der Waals surface area contributed by atoms with E-state index < -0.39 is 0 Å². The molecule has 0 unspecified atom stereocenters. The molecule has 2 aromatic carbocycles. The molecule has 1 aliphatic rings. The Kier molecular flexibility index (Phi) is 8.98. The fourth-order valence-electron chi connectivity index (χ4n) is 4.79. The highest BCUT2D eigenvalue weighted by Gasteiger charge is 2.26. The molecule has 0 aromatic heterocycles. The number of anilines is 1. The number of hydrogen-bond donors (Lipinski definition) is 1. The van der Waals surface area contributed by atoms with Crippen LogP contribution in [0.15, 0.2) is 36.4 Å². The van der Waals surface area contributed by atoms with Crippen LogP contribution in [0, 0.1) is 6.92 Å². The molecule has 1 fully saturated rings. The summed E-state index contributed by atoms with van der Waals surface area (Å²) in [6, 6.07) is 13.0. The van der Waals surface area contributed by atoms with E-state index in [1.54, 1.807) is 14.2 Å². The van der Waals surface area contributed by atoms with E-state index in [0.29, 0.717) is 12.0 Å². The molecule has 33 heavy (non-hydrogen) atoms. The largest absolute Gasteiger partial charge is 0.493 e. The van der Waals surface area contributed by atoms with Gasteiger partial charge in [0, 0.05) is 18.3 Å². The van der Waals surface area contributed by atoms with Crippen LogP contribution in [0.1, 0.15) is 49.3 Å². The Morgan fingerprint density at radius 1 is 1.12 bits per heavy atom. The van der Waals surface area contributed by atoms with E-state index in [9.17, 15) is 0 Å². The highest BCUT2D eigenvalue weighted by Crippen LogP contribution is 2.30. The minimum Gasteiger partial charge on any atom is -0.493 e. The fourth-order valence-corrected chi connectivity index (χ4v) is 5.14. The topological polar surface area (TPSA) is 37.0 Å². The Morgan fingerprint density at radius 3 is 2.45 bits per heavy atom. The smallest absolute Gasteiger partial charge is 0.173 e. The van der Waals surface area contributed by atoms with Crippen LogP contribution in [0.2, 0.25) is 0 Å². The van der Waals surface area contributed by atoms with Crippen molar-refractivity contribution >= 4 is 23.0 Å². The fraction of sp³-hybridized carbons (Fsp3) is 0.519. The van der Waals surface area contributed by atoms with Crippen LogP contribution in [0.5, 0.6) is 11.5 Å². The summed E-state index contributed by atoms with van der Waals surface area (Å²) in [5, 5.41) is 4.43. The molecular formula is C27H39N3O2S. The van der Waals surface area contributed by atoms with Gasteiger partial charge in [-0.15, -0.1) is 0 Å². The van der Waals surface area contributed by atoms with Gasteiger partial charge in [0.25, 0.3) is 0 Å². The van der Waals surface area contributed by atoms with Gasteiger partial charge in [-0.25, -0.2) is 0 Å². The summed E-state index contributed by atoms with van der Waals surface area (Å²) in [4.78, 5) is 4.81. The lowest BCUT2D eigenvalue weighted by Gasteiger charge is -2.39. The maximum absolute atomic E-state index is 6.02. The predicted molar refractivity (Wildman–Crippen MR) is 142 cm³/mol. The van der Waals surface area contributed by atoms with Crippen molar-refractivity contribution in [3.8, 4) is 11.5 Å². The Balaban J connectivity index is 1.80. The Morgan fingerprint density at radius 2 is 1.82 bits per heavy atom. The molecule has 0 amide bonds. The highest BCUT2D eigenvalue weighted by atomic mass is 32.1. The monoisotopic (exact) mass is 469 g/mol. The van der Waals surface area contributed by atoms with Crippen molar-refractivity contribution in [2.75, 3.05) is 46.2 Å². The number of thiocarbonyl (C=S) groups is 1. The average Bonchev–Trinajstić information content (AvgIpc) is 2.80. The number of ether oxygens (including phenoxy) is 2. The molecule has 180 valence electrons.